The molecule has 27 heavy (non-hydrogen) atoms. The second-order valence-corrected chi connectivity index (χ2v) is 7.32. The lowest BCUT2D eigenvalue weighted by atomic mass is 10.2. The maximum absolute atomic E-state index is 12.1. The molecule has 1 atom stereocenters. The Balaban J connectivity index is 1.73. The maximum atomic E-state index is 12.1. The molecule has 0 aliphatic carbocycles. The minimum Gasteiger partial charge on any atom is -0.468 e. The zero-order valence-electron chi connectivity index (χ0n) is 14.6. The number of ether oxygens (including phenoxy) is 2. The summed E-state index contributed by atoms with van der Waals surface area (Å²) in [5.41, 5.74) is 0.350. The lowest BCUT2D eigenvalue weighted by molar-refractivity contribution is -0.151. The first kappa shape index (κ1) is 21.0. The molecule has 0 radical (unpaired) electrons. The summed E-state index contributed by atoms with van der Waals surface area (Å²) >= 11 is 7.16. The third-order valence-electron chi connectivity index (χ3n) is 3.74. The molecule has 0 bridgehead atoms. The molecule has 0 spiro atoms. The van der Waals surface area contributed by atoms with Crippen molar-refractivity contribution >= 4 is 47.1 Å². The van der Waals surface area contributed by atoms with Gasteiger partial charge in [0.25, 0.3) is 11.8 Å². The summed E-state index contributed by atoms with van der Waals surface area (Å²) < 4.78 is 9.58. The number of rotatable bonds is 6. The summed E-state index contributed by atoms with van der Waals surface area (Å²) in [5.74, 6) is -1.39. The monoisotopic (exact) mass is 414 g/mol. The van der Waals surface area contributed by atoms with E-state index in [0.29, 0.717) is 22.9 Å². The van der Waals surface area contributed by atoms with Gasteiger partial charge in [0.1, 0.15) is 11.8 Å². The van der Waals surface area contributed by atoms with Crippen LogP contribution in [0.1, 0.15) is 10.4 Å². The number of benzene rings is 1. The fourth-order valence-electron chi connectivity index (χ4n) is 2.29. The molecule has 0 unspecified atom stereocenters. The van der Waals surface area contributed by atoms with E-state index in [0.717, 1.165) is 0 Å². The molecule has 1 N–H and O–H groups in total. The van der Waals surface area contributed by atoms with E-state index in [4.69, 9.17) is 16.3 Å². The van der Waals surface area contributed by atoms with Gasteiger partial charge in [-0.1, -0.05) is 11.6 Å². The van der Waals surface area contributed by atoms with Gasteiger partial charge in [-0.15, -0.1) is 11.8 Å². The first-order valence-electron chi connectivity index (χ1n) is 8.07. The first-order valence-corrected chi connectivity index (χ1v) is 9.50. The van der Waals surface area contributed by atoms with E-state index in [1.807, 2.05) is 0 Å². The molecule has 1 aliphatic heterocycles. The van der Waals surface area contributed by atoms with E-state index in [1.165, 1.54) is 35.9 Å². The van der Waals surface area contributed by atoms with Gasteiger partial charge in [-0.3, -0.25) is 19.2 Å². The van der Waals surface area contributed by atoms with Crippen molar-refractivity contribution in [2.24, 2.45) is 0 Å². The molecule has 10 heteroatoms. The number of nitrogens with zero attached hydrogens (tertiary/aromatic N) is 1. The van der Waals surface area contributed by atoms with Crippen molar-refractivity contribution < 1.29 is 28.7 Å². The molecule has 2 amide bonds. The van der Waals surface area contributed by atoms with E-state index >= 15 is 0 Å². The number of hydrogen-bond donors (Lipinski definition) is 1. The number of amides is 2. The number of thioether (sulfide) groups is 1. The summed E-state index contributed by atoms with van der Waals surface area (Å²) in [5, 5.41) is 2.46. The Morgan fingerprint density at radius 2 is 1.96 bits per heavy atom. The number of carbonyl (C=O) groups excluding carboxylic acids is 4. The van der Waals surface area contributed by atoms with Gasteiger partial charge in [0.2, 0.25) is 0 Å². The van der Waals surface area contributed by atoms with E-state index in [-0.39, 0.29) is 19.1 Å². The number of methoxy groups -OCH3 is 1. The minimum atomic E-state index is -0.735. The second-order valence-electron chi connectivity index (χ2n) is 5.57. The molecule has 8 nitrogen and oxygen atoms in total. The Kier molecular flexibility index (Phi) is 7.93. The molecule has 1 heterocycles. The van der Waals surface area contributed by atoms with Crippen LogP contribution in [-0.4, -0.2) is 73.0 Å². The maximum Gasteiger partial charge on any atom is 0.325 e. The average molecular weight is 415 g/mol. The van der Waals surface area contributed by atoms with Crippen molar-refractivity contribution in [3.8, 4) is 0 Å². The smallest absolute Gasteiger partial charge is 0.325 e. The lowest BCUT2D eigenvalue weighted by Crippen LogP contribution is -2.46. The summed E-state index contributed by atoms with van der Waals surface area (Å²) in [6, 6.07) is 6.18. The fourth-order valence-corrected chi connectivity index (χ4v) is 3.54. The normalized spacial score (nSPS) is 16.4. The third-order valence-corrected chi connectivity index (χ3v) is 5.15. The summed E-state index contributed by atoms with van der Waals surface area (Å²) in [4.78, 5) is 48.8. The van der Waals surface area contributed by atoms with E-state index < -0.39 is 29.6 Å². The van der Waals surface area contributed by atoms with Gasteiger partial charge in [0, 0.05) is 29.4 Å². The molecule has 1 aromatic carbocycles. The highest BCUT2D eigenvalue weighted by atomic mass is 35.5. The number of nitrogens with one attached hydrogen (secondary N) is 1. The number of hydrogen-bond acceptors (Lipinski definition) is 7. The van der Waals surface area contributed by atoms with Crippen molar-refractivity contribution in [1.29, 1.82) is 0 Å². The Labute approximate surface area is 165 Å². The minimum absolute atomic E-state index is 0.209. The predicted octanol–water partition coefficient (Wildman–Crippen LogP) is 0.730. The molecule has 2 rings (SSSR count). The van der Waals surface area contributed by atoms with Crippen molar-refractivity contribution in [2.45, 2.75) is 5.25 Å². The molecule has 1 saturated heterocycles. The highest BCUT2D eigenvalue weighted by Crippen LogP contribution is 2.19. The topological polar surface area (TPSA) is 102 Å². The van der Waals surface area contributed by atoms with Gasteiger partial charge >= 0.3 is 11.9 Å². The Morgan fingerprint density at radius 3 is 2.63 bits per heavy atom. The highest BCUT2D eigenvalue weighted by molar-refractivity contribution is 8.00. The average Bonchev–Trinajstić information content (AvgIpc) is 2.70. The SMILES string of the molecule is COC(=O)[C@@H]1CN(C(=O)COC(=O)CNC(=O)c2ccc(Cl)cc2)CCS1. The van der Waals surface area contributed by atoms with Crippen molar-refractivity contribution in [3.05, 3.63) is 34.9 Å². The molecule has 146 valence electrons. The molecule has 1 aliphatic rings. The van der Waals surface area contributed by atoms with Crippen LogP contribution in [0, 0.1) is 0 Å². The van der Waals surface area contributed by atoms with Gasteiger partial charge in [0.15, 0.2) is 6.61 Å². The zero-order valence-corrected chi connectivity index (χ0v) is 16.2. The van der Waals surface area contributed by atoms with Gasteiger partial charge in [-0.25, -0.2) is 0 Å². The van der Waals surface area contributed by atoms with Crippen LogP contribution in [0.4, 0.5) is 0 Å². The van der Waals surface area contributed by atoms with Gasteiger partial charge < -0.3 is 19.7 Å². The van der Waals surface area contributed by atoms with Crippen LogP contribution in [0.25, 0.3) is 0 Å². The molecule has 1 aromatic rings. The number of esters is 2. The van der Waals surface area contributed by atoms with Crippen molar-refractivity contribution in [2.75, 3.05) is 39.1 Å². The van der Waals surface area contributed by atoms with Crippen LogP contribution in [0.15, 0.2) is 24.3 Å². The van der Waals surface area contributed by atoms with Crippen LogP contribution in [-0.2, 0) is 23.9 Å². The van der Waals surface area contributed by atoms with E-state index in [2.05, 4.69) is 10.1 Å². The van der Waals surface area contributed by atoms with Gasteiger partial charge in [-0.2, -0.15) is 0 Å². The number of halogens is 1. The van der Waals surface area contributed by atoms with Crippen LogP contribution in [0.5, 0.6) is 0 Å². The predicted molar refractivity (Wildman–Crippen MR) is 99.6 cm³/mol. The molecular formula is C17H19ClN2O6S. The zero-order chi connectivity index (χ0) is 19.8. The van der Waals surface area contributed by atoms with Crippen molar-refractivity contribution in [3.63, 3.8) is 0 Å². The van der Waals surface area contributed by atoms with Crippen LogP contribution in [0.2, 0.25) is 5.02 Å². The van der Waals surface area contributed by atoms with E-state index in [1.54, 1.807) is 12.1 Å². The van der Waals surface area contributed by atoms with Gasteiger partial charge in [0.05, 0.1) is 7.11 Å². The largest absolute Gasteiger partial charge is 0.468 e. The van der Waals surface area contributed by atoms with Crippen LogP contribution in [0.3, 0.4) is 0 Å². The summed E-state index contributed by atoms with van der Waals surface area (Å²) in [6.07, 6.45) is 0. The van der Waals surface area contributed by atoms with Crippen molar-refractivity contribution in [1.82, 2.24) is 10.2 Å². The standard InChI is InChI=1S/C17H19ClN2O6S/c1-25-17(24)13-9-20(6-7-27-13)14(21)10-26-15(22)8-19-16(23)11-2-4-12(18)5-3-11/h2-5,13H,6-10H2,1H3,(H,19,23)/t13-/m0/s1. The van der Waals surface area contributed by atoms with E-state index in [9.17, 15) is 19.2 Å². The Bertz CT molecular complexity index is 712. The quantitative estimate of drug-likeness (QED) is 0.684. The lowest BCUT2D eigenvalue weighted by Gasteiger charge is -2.30. The Hall–Kier alpha value is -2.26. The van der Waals surface area contributed by atoms with Crippen LogP contribution >= 0.6 is 23.4 Å². The fraction of sp³-hybridized carbons (Fsp3) is 0.412. The number of carbonyl (C=O) groups is 4. The molecule has 0 aromatic heterocycles. The Morgan fingerprint density at radius 1 is 1.26 bits per heavy atom. The highest BCUT2D eigenvalue weighted by Gasteiger charge is 2.29. The molecule has 0 saturated carbocycles. The second kappa shape index (κ2) is 10.2. The summed E-state index contributed by atoms with van der Waals surface area (Å²) in [7, 11) is 1.30. The summed E-state index contributed by atoms with van der Waals surface area (Å²) in [6.45, 7) is -0.146. The third kappa shape index (κ3) is 6.44. The molecular weight excluding hydrogens is 396 g/mol. The molecule has 1 fully saturated rings. The first-order chi connectivity index (χ1) is 12.9. The van der Waals surface area contributed by atoms with Crippen LogP contribution < -0.4 is 5.32 Å². The van der Waals surface area contributed by atoms with Gasteiger partial charge in [-0.05, 0) is 24.3 Å².